The highest BCUT2D eigenvalue weighted by atomic mass is 16.3. The van der Waals surface area contributed by atoms with Crippen LogP contribution in [0.25, 0.3) is 0 Å². The highest BCUT2D eigenvalue weighted by Crippen LogP contribution is 2.39. The molecular formula is C18H23N7O. The van der Waals surface area contributed by atoms with E-state index in [1.807, 2.05) is 6.07 Å². The van der Waals surface area contributed by atoms with Crippen molar-refractivity contribution in [2.75, 3.05) is 23.3 Å². The van der Waals surface area contributed by atoms with Crippen LogP contribution in [0.15, 0.2) is 12.3 Å². The number of nitrogens with zero attached hydrogens (tertiary/aromatic N) is 4. The molecule has 2 aromatic rings. The smallest absolute Gasteiger partial charge is 0.227 e. The van der Waals surface area contributed by atoms with E-state index in [9.17, 15) is 5.11 Å². The van der Waals surface area contributed by atoms with E-state index in [1.165, 1.54) is 12.8 Å². The van der Waals surface area contributed by atoms with Crippen LogP contribution in [0, 0.1) is 12.3 Å². The molecule has 1 saturated carbocycles. The number of nitrogens with one attached hydrogen (secondary N) is 3. The zero-order valence-electron chi connectivity index (χ0n) is 14.7. The van der Waals surface area contributed by atoms with Crippen LogP contribution in [0.1, 0.15) is 43.4 Å². The minimum atomic E-state index is -0.526. The molecule has 0 amide bonds. The van der Waals surface area contributed by atoms with E-state index >= 15 is 0 Å². The summed E-state index contributed by atoms with van der Waals surface area (Å²) < 4.78 is 0. The number of aliphatic hydroxyl groups is 1. The van der Waals surface area contributed by atoms with E-state index in [-0.39, 0.29) is 6.04 Å². The van der Waals surface area contributed by atoms with Crippen molar-refractivity contribution in [2.24, 2.45) is 0 Å². The first-order valence-electron chi connectivity index (χ1n) is 8.97. The molecule has 1 saturated heterocycles. The van der Waals surface area contributed by atoms with Crippen LogP contribution in [-0.4, -0.2) is 50.6 Å². The van der Waals surface area contributed by atoms with Gasteiger partial charge in [-0.05, 0) is 26.2 Å². The fraction of sp³-hybridized carbons (Fsp3) is 0.500. The lowest BCUT2D eigenvalue weighted by Crippen LogP contribution is -2.38. The van der Waals surface area contributed by atoms with Gasteiger partial charge in [-0.15, -0.1) is 6.42 Å². The Hall–Kier alpha value is -2.63. The van der Waals surface area contributed by atoms with Gasteiger partial charge in [0.05, 0.1) is 11.8 Å². The fourth-order valence-electron chi connectivity index (χ4n) is 3.27. The van der Waals surface area contributed by atoms with Crippen molar-refractivity contribution < 1.29 is 5.11 Å². The zero-order chi connectivity index (χ0) is 18.1. The number of terminal acetylenes is 1. The first-order valence-corrected chi connectivity index (χ1v) is 8.97. The molecule has 0 radical (unpaired) electrons. The monoisotopic (exact) mass is 353 g/mol. The van der Waals surface area contributed by atoms with Gasteiger partial charge in [0.15, 0.2) is 11.6 Å². The SMILES string of the molecule is C#Cc1cnc(N2CCC(NC(C)O)C2)nc1Nc1cc(C2CC2)[nH]n1. The van der Waals surface area contributed by atoms with Crippen molar-refractivity contribution in [1.82, 2.24) is 25.5 Å². The van der Waals surface area contributed by atoms with E-state index < -0.39 is 6.23 Å². The predicted octanol–water partition coefficient (Wildman–Crippen LogP) is 1.31. The number of hydrogen-bond acceptors (Lipinski definition) is 7. The van der Waals surface area contributed by atoms with Crippen LogP contribution in [0.4, 0.5) is 17.6 Å². The number of aromatic amines is 1. The van der Waals surface area contributed by atoms with Crippen LogP contribution in [-0.2, 0) is 0 Å². The third-order valence-electron chi connectivity index (χ3n) is 4.74. The Balaban J connectivity index is 1.50. The summed E-state index contributed by atoms with van der Waals surface area (Å²) in [5.74, 6) is 5.14. The Morgan fingerprint density at radius 3 is 3.00 bits per heavy atom. The second kappa shape index (κ2) is 6.94. The molecule has 0 aromatic carbocycles. The van der Waals surface area contributed by atoms with E-state index in [1.54, 1.807) is 13.1 Å². The van der Waals surface area contributed by atoms with E-state index in [0.717, 1.165) is 25.2 Å². The Kier molecular flexibility index (Phi) is 4.49. The van der Waals surface area contributed by atoms with Gasteiger partial charge in [-0.25, -0.2) is 4.98 Å². The number of rotatable bonds is 6. The highest BCUT2D eigenvalue weighted by Gasteiger charge is 2.27. The largest absolute Gasteiger partial charge is 0.379 e. The first kappa shape index (κ1) is 16.8. The average molecular weight is 353 g/mol. The minimum Gasteiger partial charge on any atom is -0.379 e. The van der Waals surface area contributed by atoms with E-state index in [2.05, 4.69) is 41.6 Å². The second-order valence-corrected chi connectivity index (χ2v) is 6.96. The van der Waals surface area contributed by atoms with Gasteiger partial charge in [0, 0.05) is 36.8 Å². The van der Waals surface area contributed by atoms with E-state index in [4.69, 9.17) is 6.42 Å². The van der Waals surface area contributed by atoms with Gasteiger partial charge in [0.25, 0.3) is 0 Å². The number of hydrogen-bond donors (Lipinski definition) is 4. The van der Waals surface area contributed by atoms with Gasteiger partial charge >= 0.3 is 0 Å². The van der Waals surface area contributed by atoms with Crippen LogP contribution in [0.2, 0.25) is 0 Å². The maximum absolute atomic E-state index is 9.49. The van der Waals surface area contributed by atoms with Gasteiger partial charge in [0.2, 0.25) is 5.95 Å². The number of H-pyrrole nitrogens is 1. The Morgan fingerprint density at radius 1 is 1.42 bits per heavy atom. The first-order chi connectivity index (χ1) is 12.6. The zero-order valence-corrected chi connectivity index (χ0v) is 14.7. The van der Waals surface area contributed by atoms with Crippen molar-refractivity contribution in [3.05, 3.63) is 23.5 Å². The van der Waals surface area contributed by atoms with Crippen molar-refractivity contribution in [3.8, 4) is 12.3 Å². The van der Waals surface area contributed by atoms with Gasteiger partial charge in [-0.2, -0.15) is 10.1 Å². The summed E-state index contributed by atoms with van der Waals surface area (Å²) >= 11 is 0. The third-order valence-corrected chi connectivity index (χ3v) is 4.74. The topological polar surface area (TPSA) is 102 Å². The highest BCUT2D eigenvalue weighted by molar-refractivity contribution is 5.62. The molecule has 26 heavy (non-hydrogen) atoms. The maximum atomic E-state index is 9.49. The molecule has 1 aliphatic carbocycles. The maximum Gasteiger partial charge on any atom is 0.227 e. The van der Waals surface area contributed by atoms with Crippen molar-refractivity contribution >= 4 is 17.6 Å². The number of anilines is 3. The molecule has 136 valence electrons. The molecule has 0 spiro atoms. The lowest BCUT2D eigenvalue weighted by atomic mass is 10.2. The summed E-state index contributed by atoms with van der Waals surface area (Å²) in [4.78, 5) is 11.1. The molecule has 2 unspecified atom stereocenters. The summed E-state index contributed by atoms with van der Waals surface area (Å²) in [5.41, 5.74) is 1.75. The van der Waals surface area contributed by atoms with Crippen molar-refractivity contribution in [3.63, 3.8) is 0 Å². The summed E-state index contributed by atoms with van der Waals surface area (Å²) in [6, 6.07) is 2.23. The molecule has 2 fully saturated rings. The Morgan fingerprint density at radius 2 is 2.27 bits per heavy atom. The number of aromatic nitrogens is 4. The lowest BCUT2D eigenvalue weighted by Gasteiger charge is -2.19. The molecule has 2 atom stereocenters. The minimum absolute atomic E-state index is 0.217. The molecule has 2 aliphatic rings. The van der Waals surface area contributed by atoms with E-state index in [0.29, 0.717) is 29.1 Å². The van der Waals surface area contributed by atoms with Crippen LogP contribution in [0.5, 0.6) is 0 Å². The summed E-state index contributed by atoms with van der Waals surface area (Å²) in [6.45, 7) is 3.30. The quantitative estimate of drug-likeness (QED) is 0.459. The molecule has 4 rings (SSSR count). The predicted molar refractivity (Wildman–Crippen MR) is 99.2 cm³/mol. The molecule has 3 heterocycles. The standard InChI is InChI=1S/C18H23N7O/c1-3-12-9-19-18(25-7-6-14(10-25)20-11(2)26)22-17(12)21-16-8-15(23-24-16)13-4-5-13/h1,8-9,11,13-14,20,26H,4-7,10H2,2H3,(H2,19,21,22,23,24). The summed E-state index contributed by atoms with van der Waals surface area (Å²) in [6.07, 6.45) is 10.1. The fourth-order valence-corrected chi connectivity index (χ4v) is 3.27. The van der Waals surface area contributed by atoms with Crippen LogP contribution in [0.3, 0.4) is 0 Å². The molecular weight excluding hydrogens is 330 g/mol. The van der Waals surface area contributed by atoms with Gasteiger partial charge < -0.3 is 15.3 Å². The molecule has 8 heteroatoms. The van der Waals surface area contributed by atoms with Gasteiger partial charge in [-0.3, -0.25) is 10.4 Å². The molecule has 4 N–H and O–H groups in total. The Bertz CT molecular complexity index is 821. The molecule has 8 nitrogen and oxygen atoms in total. The van der Waals surface area contributed by atoms with Crippen molar-refractivity contribution in [2.45, 2.75) is 44.4 Å². The normalized spacial score (nSPS) is 20.8. The molecule has 2 aromatic heterocycles. The summed E-state index contributed by atoms with van der Waals surface area (Å²) in [5, 5.41) is 23.2. The number of aliphatic hydroxyl groups excluding tert-OH is 1. The second-order valence-electron chi connectivity index (χ2n) is 6.96. The van der Waals surface area contributed by atoms with Gasteiger partial charge in [0.1, 0.15) is 6.23 Å². The Labute approximate surface area is 152 Å². The van der Waals surface area contributed by atoms with Crippen LogP contribution < -0.4 is 15.5 Å². The molecule has 1 aliphatic heterocycles. The van der Waals surface area contributed by atoms with Crippen molar-refractivity contribution in [1.29, 1.82) is 0 Å². The lowest BCUT2D eigenvalue weighted by molar-refractivity contribution is 0.143. The van der Waals surface area contributed by atoms with Crippen LogP contribution >= 0.6 is 0 Å². The summed E-state index contributed by atoms with van der Waals surface area (Å²) in [7, 11) is 0. The third kappa shape index (κ3) is 3.64. The van der Waals surface area contributed by atoms with Gasteiger partial charge in [-0.1, -0.05) is 5.92 Å². The molecule has 0 bridgehead atoms. The average Bonchev–Trinajstić information content (AvgIpc) is 3.19.